The van der Waals surface area contributed by atoms with E-state index in [1.54, 1.807) is 23.1 Å². The number of nitrogens with zero attached hydrogens (tertiary/aromatic N) is 3. The van der Waals surface area contributed by atoms with Crippen molar-refractivity contribution in [1.82, 2.24) is 10.2 Å². The minimum Gasteiger partial charge on any atom is -0.338 e. The van der Waals surface area contributed by atoms with Crippen LogP contribution in [0.3, 0.4) is 0 Å². The lowest BCUT2D eigenvalue weighted by Crippen LogP contribution is -2.50. The van der Waals surface area contributed by atoms with Gasteiger partial charge in [0.25, 0.3) is 0 Å². The number of fused-ring (bicyclic) bond motifs is 1. The van der Waals surface area contributed by atoms with Crippen LogP contribution >= 0.6 is 0 Å². The smallest absolute Gasteiger partial charge is 0.322 e. The van der Waals surface area contributed by atoms with Crippen LogP contribution in [0.5, 0.6) is 0 Å². The summed E-state index contributed by atoms with van der Waals surface area (Å²) < 4.78 is 27.3. The Morgan fingerprint density at radius 3 is 2.41 bits per heavy atom. The average molecular weight is 400 g/mol. The molecule has 0 bridgehead atoms. The average Bonchev–Trinajstić information content (AvgIpc) is 3.16. The van der Waals surface area contributed by atoms with Gasteiger partial charge in [-0.2, -0.15) is 0 Å². The van der Waals surface area contributed by atoms with E-state index in [1.807, 2.05) is 4.90 Å². The van der Waals surface area contributed by atoms with E-state index in [2.05, 4.69) is 24.1 Å². The van der Waals surface area contributed by atoms with Crippen molar-refractivity contribution in [2.45, 2.75) is 32.4 Å². The van der Waals surface area contributed by atoms with E-state index in [9.17, 15) is 13.6 Å². The van der Waals surface area contributed by atoms with Crippen molar-refractivity contribution >= 4 is 23.1 Å². The van der Waals surface area contributed by atoms with Crippen molar-refractivity contribution in [3.63, 3.8) is 0 Å². The molecule has 5 nitrogen and oxygen atoms in total. The van der Waals surface area contributed by atoms with Gasteiger partial charge in [0.15, 0.2) is 0 Å². The summed E-state index contributed by atoms with van der Waals surface area (Å²) in [5.74, 6) is -0.695. The molecular weight excluding hydrogens is 374 g/mol. The van der Waals surface area contributed by atoms with E-state index in [0.717, 1.165) is 25.2 Å². The molecule has 2 amide bonds. The fraction of sp³-hybridized carbons (Fsp3) is 0.409. The summed E-state index contributed by atoms with van der Waals surface area (Å²) in [6.45, 7) is 7.09. The Balaban J connectivity index is 1.55. The van der Waals surface area contributed by atoms with Gasteiger partial charge >= 0.3 is 6.03 Å². The molecule has 0 spiro atoms. The van der Waals surface area contributed by atoms with Crippen LogP contribution in [-0.4, -0.2) is 49.2 Å². The number of nitrogens with one attached hydrogen (secondary N) is 1. The molecule has 2 heterocycles. The van der Waals surface area contributed by atoms with Crippen molar-refractivity contribution in [3.8, 4) is 0 Å². The van der Waals surface area contributed by atoms with Crippen LogP contribution in [0.1, 0.15) is 20.3 Å². The van der Waals surface area contributed by atoms with E-state index in [4.69, 9.17) is 0 Å². The lowest BCUT2D eigenvalue weighted by Gasteiger charge is -2.38. The normalized spacial score (nSPS) is 19.6. The number of urea groups is 1. The Hall–Kier alpha value is -2.67. The summed E-state index contributed by atoms with van der Waals surface area (Å²) in [5, 5.41) is 3.13. The van der Waals surface area contributed by atoms with Crippen LogP contribution in [-0.2, 0) is 0 Å². The van der Waals surface area contributed by atoms with Crippen molar-refractivity contribution in [2.75, 3.05) is 36.0 Å². The second-order valence-electron chi connectivity index (χ2n) is 7.94. The molecule has 7 heteroatoms. The summed E-state index contributed by atoms with van der Waals surface area (Å²) >= 11 is 0. The highest BCUT2D eigenvalue weighted by Gasteiger charge is 2.31. The first-order chi connectivity index (χ1) is 13.9. The van der Waals surface area contributed by atoms with Crippen molar-refractivity contribution in [3.05, 3.63) is 54.1 Å². The molecule has 0 aliphatic carbocycles. The SMILES string of the molecule is CC(C)N1CC[C@H](NC(=O)N2CCN(c3ccc(F)cc3)c3cc(F)ccc32)C1. The quantitative estimate of drug-likeness (QED) is 0.843. The number of hydrogen-bond acceptors (Lipinski definition) is 3. The first-order valence-corrected chi connectivity index (χ1v) is 10.1. The standard InChI is InChI=1S/C22H26F2N4O/c1-15(2)26-10-9-18(14-26)25-22(29)28-12-11-27(19-6-3-16(23)4-7-19)21-13-17(24)5-8-20(21)28/h3-8,13,15,18H,9-12,14H2,1-2H3,(H,25,29)/t18-/m0/s1. The Bertz CT molecular complexity index is 887. The Morgan fingerprint density at radius 2 is 1.72 bits per heavy atom. The van der Waals surface area contributed by atoms with Gasteiger partial charge in [-0.3, -0.25) is 9.80 Å². The second-order valence-corrected chi connectivity index (χ2v) is 7.94. The molecule has 1 saturated heterocycles. The highest BCUT2D eigenvalue weighted by Crippen LogP contribution is 2.38. The summed E-state index contributed by atoms with van der Waals surface area (Å²) in [7, 11) is 0. The molecule has 2 aliphatic rings. The maximum atomic E-state index is 14.0. The predicted molar refractivity (Wildman–Crippen MR) is 111 cm³/mol. The number of carbonyl (C=O) groups is 1. The number of hydrogen-bond donors (Lipinski definition) is 1. The Labute approximate surface area is 169 Å². The molecule has 29 heavy (non-hydrogen) atoms. The van der Waals surface area contributed by atoms with Gasteiger partial charge < -0.3 is 10.2 Å². The number of benzene rings is 2. The maximum absolute atomic E-state index is 14.0. The molecule has 2 aromatic rings. The maximum Gasteiger partial charge on any atom is 0.322 e. The molecule has 0 aromatic heterocycles. The molecule has 0 radical (unpaired) electrons. The van der Waals surface area contributed by atoms with E-state index < -0.39 is 0 Å². The minimum absolute atomic E-state index is 0.115. The number of halogens is 2. The molecule has 0 saturated carbocycles. The monoisotopic (exact) mass is 400 g/mol. The number of carbonyl (C=O) groups excluding carboxylic acids is 1. The Kier molecular flexibility index (Phi) is 5.41. The molecular formula is C22H26F2N4O. The van der Waals surface area contributed by atoms with Crippen LogP contribution in [0, 0.1) is 11.6 Å². The van der Waals surface area contributed by atoms with Crippen LogP contribution in [0.15, 0.2) is 42.5 Å². The first-order valence-electron chi connectivity index (χ1n) is 10.1. The van der Waals surface area contributed by atoms with E-state index in [1.165, 1.54) is 24.3 Å². The third-order valence-corrected chi connectivity index (χ3v) is 5.73. The lowest BCUT2D eigenvalue weighted by atomic mass is 10.1. The molecule has 0 unspecified atom stereocenters. The zero-order valence-corrected chi connectivity index (χ0v) is 16.7. The second kappa shape index (κ2) is 7.99. The van der Waals surface area contributed by atoms with Gasteiger partial charge in [0.1, 0.15) is 11.6 Å². The summed E-state index contributed by atoms with van der Waals surface area (Å²) in [5.41, 5.74) is 2.02. The molecule has 154 valence electrons. The van der Waals surface area contributed by atoms with E-state index in [-0.39, 0.29) is 23.7 Å². The van der Waals surface area contributed by atoms with Gasteiger partial charge in [0, 0.05) is 44.0 Å². The van der Waals surface area contributed by atoms with Gasteiger partial charge in [-0.25, -0.2) is 13.6 Å². The number of amides is 2. The van der Waals surface area contributed by atoms with Crippen LogP contribution in [0.4, 0.5) is 30.6 Å². The highest BCUT2D eigenvalue weighted by atomic mass is 19.1. The van der Waals surface area contributed by atoms with Gasteiger partial charge in [0.05, 0.1) is 11.4 Å². The third-order valence-electron chi connectivity index (χ3n) is 5.73. The fourth-order valence-electron chi connectivity index (χ4n) is 4.11. The summed E-state index contributed by atoms with van der Waals surface area (Å²) in [4.78, 5) is 18.9. The number of anilines is 3. The lowest BCUT2D eigenvalue weighted by molar-refractivity contribution is 0.238. The molecule has 2 aliphatic heterocycles. The largest absolute Gasteiger partial charge is 0.338 e. The van der Waals surface area contributed by atoms with Crippen molar-refractivity contribution in [1.29, 1.82) is 0 Å². The van der Waals surface area contributed by atoms with Gasteiger partial charge in [-0.15, -0.1) is 0 Å². The zero-order chi connectivity index (χ0) is 20.5. The van der Waals surface area contributed by atoms with Gasteiger partial charge in [0.2, 0.25) is 0 Å². The van der Waals surface area contributed by atoms with Gasteiger partial charge in [-0.1, -0.05) is 0 Å². The van der Waals surface area contributed by atoms with E-state index in [0.29, 0.717) is 30.5 Å². The van der Waals surface area contributed by atoms with Crippen molar-refractivity contribution < 1.29 is 13.6 Å². The number of rotatable bonds is 3. The summed E-state index contributed by atoms with van der Waals surface area (Å²) in [6.07, 6.45) is 0.926. The fourth-order valence-corrected chi connectivity index (χ4v) is 4.11. The Morgan fingerprint density at radius 1 is 1.00 bits per heavy atom. The molecule has 2 aromatic carbocycles. The van der Waals surface area contributed by atoms with Gasteiger partial charge in [-0.05, 0) is 62.7 Å². The zero-order valence-electron chi connectivity index (χ0n) is 16.7. The predicted octanol–water partition coefficient (Wildman–Crippen LogP) is 4.12. The summed E-state index contributed by atoms with van der Waals surface area (Å²) in [6, 6.07) is 10.9. The minimum atomic E-state index is -0.374. The third kappa shape index (κ3) is 4.05. The molecule has 1 N–H and O–H groups in total. The number of likely N-dealkylation sites (tertiary alicyclic amines) is 1. The van der Waals surface area contributed by atoms with Crippen LogP contribution in [0.25, 0.3) is 0 Å². The first kappa shape index (κ1) is 19.6. The van der Waals surface area contributed by atoms with Crippen LogP contribution in [0.2, 0.25) is 0 Å². The molecule has 1 fully saturated rings. The molecule has 4 rings (SSSR count). The molecule has 1 atom stereocenters. The van der Waals surface area contributed by atoms with Crippen LogP contribution < -0.4 is 15.1 Å². The van der Waals surface area contributed by atoms with E-state index >= 15 is 0 Å². The van der Waals surface area contributed by atoms with Crippen molar-refractivity contribution in [2.24, 2.45) is 0 Å². The topological polar surface area (TPSA) is 38.8 Å². The highest BCUT2D eigenvalue weighted by molar-refractivity contribution is 5.98.